The molecule has 2 rings (SSSR count). The highest BCUT2D eigenvalue weighted by molar-refractivity contribution is 5.13. The van der Waals surface area contributed by atoms with Gasteiger partial charge in [-0.1, -0.05) is 20.8 Å². The zero-order valence-electron chi connectivity index (χ0n) is 10.7. The Bertz CT molecular complexity index is 350. The Morgan fingerprint density at radius 2 is 2.19 bits per heavy atom. The second-order valence-corrected chi connectivity index (χ2v) is 5.70. The number of nitrogens with one attached hydrogen (secondary N) is 2. The lowest BCUT2D eigenvalue weighted by atomic mass is 9.93. The van der Waals surface area contributed by atoms with E-state index in [1.54, 1.807) is 0 Å². The van der Waals surface area contributed by atoms with Crippen molar-refractivity contribution in [2.24, 2.45) is 0 Å². The average molecular weight is 222 g/mol. The van der Waals surface area contributed by atoms with Crippen LogP contribution in [0.15, 0.2) is 6.20 Å². The molecule has 0 bridgehead atoms. The van der Waals surface area contributed by atoms with Crippen molar-refractivity contribution in [3.63, 3.8) is 0 Å². The van der Waals surface area contributed by atoms with Crippen LogP contribution in [-0.4, -0.2) is 41.5 Å². The van der Waals surface area contributed by atoms with Crippen molar-refractivity contribution < 1.29 is 0 Å². The summed E-state index contributed by atoms with van der Waals surface area (Å²) in [6.07, 6.45) is 1.96. The lowest BCUT2D eigenvalue weighted by Gasteiger charge is -2.29. The van der Waals surface area contributed by atoms with E-state index in [0.717, 1.165) is 25.5 Å². The molecule has 0 saturated carbocycles. The van der Waals surface area contributed by atoms with Gasteiger partial charge in [0.1, 0.15) is 5.82 Å². The standard InChI is InChI=1S/C12H22N4/c1-12(2,3)10-7-14-11(15-10)9-8-16(4)6-5-13-9/h7,9,13H,5-6,8H2,1-4H3,(H,14,15). The molecule has 4 nitrogen and oxygen atoms in total. The summed E-state index contributed by atoms with van der Waals surface area (Å²) in [7, 11) is 2.15. The van der Waals surface area contributed by atoms with Crippen molar-refractivity contribution in [3.05, 3.63) is 17.7 Å². The van der Waals surface area contributed by atoms with Gasteiger partial charge in [0.05, 0.1) is 6.04 Å². The molecule has 90 valence electrons. The van der Waals surface area contributed by atoms with Crippen LogP contribution in [0.3, 0.4) is 0 Å². The maximum absolute atomic E-state index is 4.50. The fourth-order valence-corrected chi connectivity index (χ4v) is 1.98. The lowest BCUT2D eigenvalue weighted by molar-refractivity contribution is 0.235. The molecule has 2 heterocycles. The van der Waals surface area contributed by atoms with Crippen LogP contribution >= 0.6 is 0 Å². The summed E-state index contributed by atoms with van der Waals surface area (Å²) in [5.74, 6) is 1.07. The first-order chi connectivity index (χ1) is 7.47. The number of likely N-dealkylation sites (N-methyl/N-ethyl adjacent to an activating group) is 1. The first kappa shape index (κ1) is 11.6. The highest BCUT2D eigenvalue weighted by Crippen LogP contribution is 2.22. The predicted molar refractivity (Wildman–Crippen MR) is 65.5 cm³/mol. The summed E-state index contributed by atoms with van der Waals surface area (Å²) in [5, 5.41) is 3.50. The van der Waals surface area contributed by atoms with Crippen molar-refractivity contribution in [2.75, 3.05) is 26.7 Å². The minimum absolute atomic E-state index is 0.145. The molecule has 0 aromatic carbocycles. The molecule has 1 aromatic heterocycles. The Labute approximate surface area is 97.4 Å². The molecule has 1 aromatic rings. The Morgan fingerprint density at radius 3 is 2.75 bits per heavy atom. The molecular formula is C12H22N4. The molecule has 2 N–H and O–H groups in total. The number of piperazine rings is 1. The third-order valence-corrected chi connectivity index (χ3v) is 3.11. The van der Waals surface area contributed by atoms with Crippen LogP contribution in [0.2, 0.25) is 0 Å². The van der Waals surface area contributed by atoms with Gasteiger partial charge in [0.2, 0.25) is 0 Å². The van der Waals surface area contributed by atoms with Crippen molar-refractivity contribution >= 4 is 0 Å². The van der Waals surface area contributed by atoms with E-state index in [-0.39, 0.29) is 5.41 Å². The normalized spacial score (nSPS) is 23.6. The van der Waals surface area contributed by atoms with Crippen LogP contribution in [0.1, 0.15) is 38.3 Å². The number of aromatic amines is 1. The molecule has 1 saturated heterocycles. The third-order valence-electron chi connectivity index (χ3n) is 3.11. The van der Waals surface area contributed by atoms with Gasteiger partial charge in [0, 0.05) is 36.9 Å². The average Bonchev–Trinajstić information content (AvgIpc) is 2.65. The zero-order valence-corrected chi connectivity index (χ0v) is 10.7. The molecule has 16 heavy (non-hydrogen) atoms. The second kappa shape index (κ2) is 4.18. The Kier molecular flexibility index (Phi) is 3.04. The summed E-state index contributed by atoms with van der Waals surface area (Å²) in [4.78, 5) is 10.3. The molecule has 0 radical (unpaired) electrons. The van der Waals surface area contributed by atoms with Gasteiger partial charge in [0.25, 0.3) is 0 Å². The molecule has 1 aliphatic heterocycles. The van der Waals surface area contributed by atoms with Crippen molar-refractivity contribution in [2.45, 2.75) is 32.2 Å². The van der Waals surface area contributed by atoms with Crippen LogP contribution in [0, 0.1) is 0 Å². The smallest absolute Gasteiger partial charge is 0.124 e. The fraction of sp³-hybridized carbons (Fsp3) is 0.750. The Balaban J connectivity index is 2.12. The number of hydrogen-bond donors (Lipinski definition) is 2. The van der Waals surface area contributed by atoms with Gasteiger partial charge in [-0.2, -0.15) is 0 Å². The van der Waals surface area contributed by atoms with Crippen LogP contribution in [-0.2, 0) is 5.41 Å². The monoisotopic (exact) mass is 222 g/mol. The predicted octanol–water partition coefficient (Wildman–Crippen LogP) is 1.28. The van der Waals surface area contributed by atoms with E-state index in [1.807, 2.05) is 6.20 Å². The topological polar surface area (TPSA) is 44.0 Å². The highest BCUT2D eigenvalue weighted by Gasteiger charge is 2.23. The van der Waals surface area contributed by atoms with Crippen molar-refractivity contribution in [3.8, 4) is 0 Å². The minimum Gasteiger partial charge on any atom is -0.344 e. The van der Waals surface area contributed by atoms with Crippen LogP contribution in [0.4, 0.5) is 0 Å². The molecule has 4 heteroatoms. The van der Waals surface area contributed by atoms with Crippen molar-refractivity contribution in [1.82, 2.24) is 20.2 Å². The number of aromatic nitrogens is 2. The number of H-pyrrole nitrogens is 1. The van der Waals surface area contributed by atoms with Gasteiger partial charge in [-0.15, -0.1) is 0 Å². The summed E-state index contributed by atoms with van der Waals surface area (Å²) in [6.45, 7) is 9.77. The quantitative estimate of drug-likeness (QED) is 0.752. The number of rotatable bonds is 1. The van der Waals surface area contributed by atoms with Crippen molar-refractivity contribution in [1.29, 1.82) is 0 Å². The van der Waals surface area contributed by atoms with Gasteiger partial charge >= 0.3 is 0 Å². The molecule has 1 fully saturated rings. The van der Waals surface area contributed by atoms with Gasteiger partial charge in [-0.3, -0.25) is 0 Å². The zero-order chi connectivity index (χ0) is 11.8. The van der Waals surface area contributed by atoms with E-state index in [0.29, 0.717) is 6.04 Å². The molecule has 1 unspecified atom stereocenters. The van der Waals surface area contributed by atoms with E-state index in [9.17, 15) is 0 Å². The van der Waals surface area contributed by atoms with Gasteiger partial charge in [-0.05, 0) is 7.05 Å². The number of nitrogens with zero attached hydrogens (tertiary/aromatic N) is 2. The second-order valence-electron chi connectivity index (χ2n) is 5.70. The maximum Gasteiger partial charge on any atom is 0.124 e. The first-order valence-electron chi connectivity index (χ1n) is 5.94. The Hall–Kier alpha value is -0.870. The van der Waals surface area contributed by atoms with E-state index in [1.165, 1.54) is 5.69 Å². The molecule has 0 amide bonds. The minimum atomic E-state index is 0.145. The molecule has 0 aliphatic carbocycles. The molecular weight excluding hydrogens is 200 g/mol. The van der Waals surface area contributed by atoms with Crippen LogP contribution in [0.25, 0.3) is 0 Å². The molecule has 0 spiro atoms. The third kappa shape index (κ3) is 2.44. The van der Waals surface area contributed by atoms with E-state index in [4.69, 9.17) is 0 Å². The van der Waals surface area contributed by atoms with E-state index in [2.05, 4.69) is 48.0 Å². The van der Waals surface area contributed by atoms with Crippen LogP contribution < -0.4 is 5.32 Å². The van der Waals surface area contributed by atoms with Gasteiger partial charge < -0.3 is 15.2 Å². The summed E-state index contributed by atoms with van der Waals surface area (Å²) >= 11 is 0. The van der Waals surface area contributed by atoms with E-state index < -0.39 is 0 Å². The van der Waals surface area contributed by atoms with Gasteiger partial charge in [0.15, 0.2) is 0 Å². The summed E-state index contributed by atoms with van der Waals surface area (Å²) in [5.41, 5.74) is 1.35. The lowest BCUT2D eigenvalue weighted by Crippen LogP contribution is -2.44. The van der Waals surface area contributed by atoms with Crippen LogP contribution in [0.5, 0.6) is 0 Å². The number of hydrogen-bond acceptors (Lipinski definition) is 3. The molecule has 1 aliphatic rings. The largest absolute Gasteiger partial charge is 0.344 e. The summed E-state index contributed by atoms with van der Waals surface area (Å²) < 4.78 is 0. The summed E-state index contributed by atoms with van der Waals surface area (Å²) in [6, 6.07) is 0.342. The first-order valence-corrected chi connectivity index (χ1v) is 5.94. The van der Waals surface area contributed by atoms with Gasteiger partial charge in [-0.25, -0.2) is 4.98 Å². The SMILES string of the molecule is CN1CCNC(c2ncc(C(C)(C)C)[nH]2)C1. The highest BCUT2D eigenvalue weighted by atomic mass is 15.2. The van der Waals surface area contributed by atoms with E-state index >= 15 is 0 Å². The number of imidazole rings is 1. The Morgan fingerprint density at radius 1 is 1.44 bits per heavy atom. The maximum atomic E-state index is 4.50. The fourth-order valence-electron chi connectivity index (χ4n) is 1.98. The molecule has 1 atom stereocenters.